The molecule has 0 aromatic carbocycles. The normalized spacial score (nSPS) is 19.1. The lowest BCUT2D eigenvalue weighted by Crippen LogP contribution is -2.43. The average molecular weight is 391 g/mol. The lowest BCUT2D eigenvalue weighted by molar-refractivity contribution is 0.0612. The van der Waals surface area contributed by atoms with Crippen molar-refractivity contribution in [1.82, 2.24) is 20.2 Å². The van der Waals surface area contributed by atoms with Crippen LogP contribution in [0.3, 0.4) is 0 Å². The molecule has 0 unspecified atom stereocenters. The number of amides is 1. The van der Waals surface area contributed by atoms with E-state index in [1.165, 1.54) is 17.8 Å². The third kappa shape index (κ3) is 3.30. The van der Waals surface area contributed by atoms with Crippen LogP contribution in [0.15, 0.2) is 0 Å². The van der Waals surface area contributed by atoms with E-state index < -0.39 is 0 Å². The Hall–Kier alpha value is -1.77. The van der Waals surface area contributed by atoms with Crippen molar-refractivity contribution in [3.8, 4) is 5.88 Å². The zero-order valence-electron chi connectivity index (χ0n) is 16.1. The number of hydrogen-bond donors (Lipinski definition) is 1. The third-order valence-corrected chi connectivity index (χ3v) is 7.08. The molecule has 2 aromatic heterocycles. The van der Waals surface area contributed by atoms with Gasteiger partial charge in [0.2, 0.25) is 5.88 Å². The van der Waals surface area contributed by atoms with Crippen molar-refractivity contribution in [2.75, 3.05) is 40.4 Å². The number of hydrogen-bond acceptors (Lipinski definition) is 7. The maximum atomic E-state index is 13.2. The molecule has 1 spiro atoms. The quantitative estimate of drug-likeness (QED) is 0.864. The van der Waals surface area contributed by atoms with E-state index in [1.807, 2.05) is 11.8 Å². The summed E-state index contributed by atoms with van der Waals surface area (Å²) in [6.07, 6.45) is 3.39. The van der Waals surface area contributed by atoms with Gasteiger partial charge < -0.3 is 19.7 Å². The number of carbonyl (C=O) groups excluding carboxylic acids is 1. The number of carbonyl (C=O) groups is 1. The van der Waals surface area contributed by atoms with Crippen LogP contribution in [0, 0.1) is 12.3 Å². The fourth-order valence-electron chi connectivity index (χ4n) is 4.24. The van der Waals surface area contributed by atoms with Gasteiger partial charge in [-0.3, -0.25) is 4.79 Å². The number of aromatic nitrogens is 2. The van der Waals surface area contributed by atoms with Gasteiger partial charge in [-0.2, -0.15) is 4.98 Å². The molecule has 2 aliphatic heterocycles. The topological polar surface area (TPSA) is 76.6 Å². The first-order valence-electron chi connectivity index (χ1n) is 9.40. The first-order chi connectivity index (χ1) is 13.1. The van der Waals surface area contributed by atoms with Crippen molar-refractivity contribution in [2.24, 2.45) is 5.41 Å². The molecule has 2 fully saturated rings. The fraction of sp³-hybridized carbons (Fsp3) is 0.632. The molecule has 7 nitrogen and oxygen atoms in total. The maximum absolute atomic E-state index is 13.2. The van der Waals surface area contributed by atoms with Crippen molar-refractivity contribution < 1.29 is 14.3 Å². The molecule has 1 N–H and O–H groups in total. The Bertz CT molecular complexity index is 850. The SMILES string of the molecule is COCc1nc(OC)c2c(C)c(C(=O)N3CCC4(CCNC4)CC3)sc2n1. The number of fused-ring (bicyclic) bond motifs is 1. The number of ether oxygens (including phenoxy) is 2. The molecule has 2 aliphatic rings. The van der Waals surface area contributed by atoms with Crippen LogP contribution < -0.4 is 10.1 Å². The molecule has 1 amide bonds. The molecule has 2 saturated heterocycles. The summed E-state index contributed by atoms with van der Waals surface area (Å²) in [5.74, 6) is 1.18. The van der Waals surface area contributed by atoms with E-state index >= 15 is 0 Å². The molecule has 0 atom stereocenters. The molecule has 0 bridgehead atoms. The number of methoxy groups -OCH3 is 2. The summed E-state index contributed by atoms with van der Waals surface area (Å²) < 4.78 is 10.6. The van der Waals surface area contributed by atoms with Crippen LogP contribution in [0.25, 0.3) is 10.2 Å². The number of likely N-dealkylation sites (tertiary alicyclic amines) is 1. The van der Waals surface area contributed by atoms with Crippen LogP contribution in [0.5, 0.6) is 5.88 Å². The van der Waals surface area contributed by atoms with Crippen LogP contribution in [0.4, 0.5) is 0 Å². The molecule has 27 heavy (non-hydrogen) atoms. The van der Waals surface area contributed by atoms with Crippen LogP contribution in [-0.2, 0) is 11.3 Å². The summed E-state index contributed by atoms with van der Waals surface area (Å²) in [5.41, 5.74) is 1.30. The molecule has 0 radical (unpaired) electrons. The summed E-state index contributed by atoms with van der Waals surface area (Å²) in [5, 5.41) is 4.31. The van der Waals surface area contributed by atoms with Crippen molar-refractivity contribution in [3.63, 3.8) is 0 Å². The summed E-state index contributed by atoms with van der Waals surface area (Å²) in [6.45, 7) is 6.12. The molecular weight excluding hydrogens is 364 g/mol. The molecule has 4 heterocycles. The van der Waals surface area contributed by atoms with Gasteiger partial charge in [0.05, 0.1) is 17.4 Å². The largest absolute Gasteiger partial charge is 0.480 e. The predicted molar refractivity (Wildman–Crippen MR) is 104 cm³/mol. The number of piperidine rings is 1. The Kier molecular flexibility index (Phi) is 5.05. The number of rotatable bonds is 4. The Labute approximate surface area is 163 Å². The highest BCUT2D eigenvalue weighted by molar-refractivity contribution is 7.20. The van der Waals surface area contributed by atoms with Crippen LogP contribution in [0.2, 0.25) is 0 Å². The van der Waals surface area contributed by atoms with Gasteiger partial charge in [-0.05, 0) is 43.7 Å². The van der Waals surface area contributed by atoms with E-state index in [1.54, 1.807) is 14.2 Å². The van der Waals surface area contributed by atoms with Gasteiger partial charge in [-0.1, -0.05) is 0 Å². The van der Waals surface area contributed by atoms with E-state index in [0.29, 0.717) is 23.7 Å². The number of nitrogens with zero attached hydrogens (tertiary/aromatic N) is 3. The summed E-state index contributed by atoms with van der Waals surface area (Å²) in [7, 11) is 3.20. The summed E-state index contributed by atoms with van der Waals surface area (Å²) >= 11 is 1.43. The molecule has 8 heteroatoms. The van der Waals surface area contributed by atoms with Crippen molar-refractivity contribution in [2.45, 2.75) is 32.8 Å². The van der Waals surface area contributed by atoms with Crippen LogP contribution >= 0.6 is 11.3 Å². The smallest absolute Gasteiger partial charge is 0.264 e. The van der Waals surface area contributed by atoms with Crippen LogP contribution in [-0.4, -0.2) is 61.2 Å². The summed E-state index contributed by atoms with van der Waals surface area (Å²) in [6, 6.07) is 0. The second kappa shape index (κ2) is 7.33. The first-order valence-corrected chi connectivity index (χ1v) is 10.2. The lowest BCUT2D eigenvalue weighted by atomic mass is 9.78. The minimum Gasteiger partial charge on any atom is -0.480 e. The highest BCUT2D eigenvalue weighted by Crippen LogP contribution is 2.39. The first kappa shape index (κ1) is 18.6. The standard InChI is InChI=1S/C19H26N4O3S/c1-12-14-16(26-3)21-13(10-25-2)22-17(14)27-15(12)18(24)23-8-5-19(6-9-23)4-7-20-11-19/h20H,4-11H2,1-3H3. The highest BCUT2D eigenvalue weighted by atomic mass is 32.1. The molecule has 4 rings (SSSR count). The van der Waals surface area contributed by atoms with Gasteiger partial charge in [0.15, 0.2) is 5.82 Å². The highest BCUT2D eigenvalue weighted by Gasteiger charge is 2.38. The maximum Gasteiger partial charge on any atom is 0.264 e. The monoisotopic (exact) mass is 390 g/mol. The molecule has 0 aliphatic carbocycles. The van der Waals surface area contributed by atoms with Gasteiger partial charge >= 0.3 is 0 Å². The van der Waals surface area contributed by atoms with E-state index in [-0.39, 0.29) is 5.91 Å². The fourth-order valence-corrected chi connectivity index (χ4v) is 5.40. The molecule has 2 aromatic rings. The zero-order valence-corrected chi connectivity index (χ0v) is 16.9. The predicted octanol–water partition coefficient (Wildman–Crippen LogP) is 2.37. The van der Waals surface area contributed by atoms with E-state index in [0.717, 1.165) is 59.7 Å². The van der Waals surface area contributed by atoms with E-state index in [2.05, 4.69) is 15.3 Å². The Balaban J connectivity index is 1.61. The van der Waals surface area contributed by atoms with Crippen molar-refractivity contribution >= 4 is 27.5 Å². The van der Waals surface area contributed by atoms with Gasteiger partial charge in [0, 0.05) is 26.7 Å². The Morgan fingerprint density at radius 1 is 1.26 bits per heavy atom. The number of aryl methyl sites for hydroxylation is 1. The lowest BCUT2D eigenvalue weighted by Gasteiger charge is -2.38. The minimum atomic E-state index is 0.103. The van der Waals surface area contributed by atoms with Crippen molar-refractivity contribution in [1.29, 1.82) is 0 Å². The average Bonchev–Trinajstić information content (AvgIpc) is 3.26. The Morgan fingerprint density at radius 3 is 2.67 bits per heavy atom. The second-order valence-electron chi connectivity index (χ2n) is 7.54. The molecular formula is C19H26N4O3S. The minimum absolute atomic E-state index is 0.103. The van der Waals surface area contributed by atoms with Gasteiger partial charge in [-0.15, -0.1) is 11.3 Å². The number of nitrogens with one attached hydrogen (secondary N) is 1. The number of thiophene rings is 1. The van der Waals surface area contributed by atoms with E-state index in [4.69, 9.17) is 9.47 Å². The van der Waals surface area contributed by atoms with Gasteiger partial charge in [0.1, 0.15) is 11.4 Å². The summed E-state index contributed by atoms with van der Waals surface area (Å²) in [4.78, 5) is 25.7. The van der Waals surface area contributed by atoms with E-state index in [9.17, 15) is 4.79 Å². The second-order valence-corrected chi connectivity index (χ2v) is 8.54. The van der Waals surface area contributed by atoms with Gasteiger partial charge in [0.25, 0.3) is 5.91 Å². The third-order valence-electron chi connectivity index (χ3n) is 5.91. The van der Waals surface area contributed by atoms with Gasteiger partial charge in [-0.25, -0.2) is 4.98 Å². The molecule has 146 valence electrons. The van der Waals surface area contributed by atoms with Crippen molar-refractivity contribution in [3.05, 3.63) is 16.3 Å². The molecule has 0 saturated carbocycles. The zero-order chi connectivity index (χ0) is 19.0. The van der Waals surface area contributed by atoms with Crippen LogP contribution in [0.1, 0.15) is 40.3 Å². The Morgan fingerprint density at radius 2 is 2.04 bits per heavy atom.